The molecular weight excluding hydrogens is 320 g/mol. The molecule has 1 atom stereocenters. The van der Waals surface area contributed by atoms with Crippen LogP contribution in [-0.4, -0.2) is 22.8 Å². The number of carbonyl (C=O) groups is 1. The lowest BCUT2D eigenvalue weighted by molar-refractivity contribution is -0.385. The van der Waals surface area contributed by atoms with Crippen molar-refractivity contribution in [3.63, 3.8) is 0 Å². The van der Waals surface area contributed by atoms with E-state index in [2.05, 4.69) is 4.99 Å². The zero-order valence-electron chi connectivity index (χ0n) is 13.7. The second-order valence-electron chi connectivity index (χ2n) is 5.61. The highest BCUT2D eigenvalue weighted by atomic mass is 16.6. The number of nitrogens with zero attached hydrogens (tertiary/aromatic N) is 2. The van der Waals surface area contributed by atoms with E-state index >= 15 is 0 Å². The Balaban J connectivity index is 2.14. The number of nitrogens with two attached hydrogens (primary N) is 1. The first kappa shape index (κ1) is 18.0. The van der Waals surface area contributed by atoms with E-state index in [9.17, 15) is 14.9 Å². The molecular formula is C18H18N4O3. The van der Waals surface area contributed by atoms with E-state index in [1.54, 1.807) is 49.4 Å². The number of carbonyl (C=O) groups excluding carboxylic acids is 1. The van der Waals surface area contributed by atoms with Gasteiger partial charge in [-0.15, -0.1) is 0 Å². The number of para-hydroxylation sites is 1. The molecule has 1 amide bonds. The van der Waals surface area contributed by atoms with Crippen LogP contribution in [0.4, 0.5) is 11.4 Å². The van der Waals surface area contributed by atoms with E-state index in [-0.39, 0.29) is 18.0 Å². The summed E-state index contributed by atoms with van der Waals surface area (Å²) in [6.07, 6.45) is 1.56. The molecule has 128 valence electrons. The van der Waals surface area contributed by atoms with Crippen LogP contribution in [0, 0.1) is 21.4 Å². The highest BCUT2D eigenvalue weighted by Crippen LogP contribution is 2.19. The molecule has 7 heteroatoms. The summed E-state index contributed by atoms with van der Waals surface area (Å²) in [7, 11) is 0. The first-order valence-electron chi connectivity index (χ1n) is 7.63. The van der Waals surface area contributed by atoms with E-state index in [4.69, 9.17) is 11.1 Å². The van der Waals surface area contributed by atoms with Crippen molar-refractivity contribution >= 4 is 29.2 Å². The summed E-state index contributed by atoms with van der Waals surface area (Å²) in [5.74, 6) is -0.707. The zero-order chi connectivity index (χ0) is 18.4. The fourth-order valence-corrected chi connectivity index (χ4v) is 2.32. The fraction of sp³-hybridized carbons (Fsp3) is 0.167. The molecule has 0 aliphatic carbocycles. The van der Waals surface area contributed by atoms with Crippen molar-refractivity contribution in [2.75, 3.05) is 0 Å². The maximum atomic E-state index is 11.0. The van der Waals surface area contributed by atoms with Crippen molar-refractivity contribution in [3.05, 3.63) is 69.8 Å². The number of nitro groups is 1. The summed E-state index contributed by atoms with van der Waals surface area (Å²) in [6.45, 7) is 1.77. The number of hydrogen-bond donors (Lipinski definition) is 2. The van der Waals surface area contributed by atoms with Crippen LogP contribution in [0.3, 0.4) is 0 Å². The molecule has 0 heterocycles. The lowest BCUT2D eigenvalue weighted by Crippen LogP contribution is -2.20. The molecule has 0 aliphatic heterocycles. The molecule has 2 aromatic rings. The highest BCUT2D eigenvalue weighted by molar-refractivity contribution is 6.01. The van der Waals surface area contributed by atoms with Crippen LogP contribution in [0.15, 0.2) is 53.5 Å². The van der Waals surface area contributed by atoms with Crippen molar-refractivity contribution in [3.8, 4) is 0 Å². The maximum Gasteiger partial charge on any atom is 0.278 e. The molecule has 3 N–H and O–H groups in total. The molecule has 0 radical (unpaired) electrons. The van der Waals surface area contributed by atoms with Crippen molar-refractivity contribution in [2.24, 2.45) is 16.6 Å². The third-order valence-electron chi connectivity index (χ3n) is 3.66. The fourth-order valence-electron chi connectivity index (χ4n) is 2.32. The van der Waals surface area contributed by atoms with Gasteiger partial charge in [0.1, 0.15) is 0 Å². The standard InChI is InChI=1S/C18H18N4O3/c1-12(10-17(19)23)18(20)13-6-8-15(9-7-13)21-11-14-4-2-3-5-16(14)22(24)25/h2-9,11-12,20H,10H2,1H3,(H2,19,23)/b20-18?,21-11-. The first-order chi connectivity index (χ1) is 11.9. The number of hydrogen-bond acceptors (Lipinski definition) is 5. The minimum absolute atomic E-state index is 0.00933. The number of primary amides is 1. The monoisotopic (exact) mass is 338 g/mol. The van der Waals surface area contributed by atoms with Gasteiger partial charge in [0.25, 0.3) is 5.69 Å². The van der Waals surface area contributed by atoms with Crippen molar-refractivity contribution in [1.82, 2.24) is 0 Å². The molecule has 0 bridgehead atoms. The van der Waals surface area contributed by atoms with Gasteiger partial charge in [-0.25, -0.2) is 0 Å². The van der Waals surface area contributed by atoms with E-state index in [1.165, 1.54) is 12.3 Å². The van der Waals surface area contributed by atoms with Gasteiger partial charge in [-0.1, -0.05) is 31.2 Å². The SMILES string of the molecule is CC(CC(N)=O)C(=N)c1ccc(/N=C\c2ccccc2[N+](=O)[O-])cc1. The van der Waals surface area contributed by atoms with Crippen LogP contribution in [0.1, 0.15) is 24.5 Å². The normalized spacial score (nSPS) is 12.0. The van der Waals surface area contributed by atoms with Gasteiger partial charge in [-0.05, 0) is 23.8 Å². The average Bonchev–Trinajstić information content (AvgIpc) is 2.59. The number of rotatable bonds is 7. The molecule has 2 rings (SSSR count). The third-order valence-corrected chi connectivity index (χ3v) is 3.66. The van der Waals surface area contributed by atoms with Gasteiger partial charge in [0.05, 0.1) is 16.2 Å². The number of nitro benzene ring substituents is 1. The van der Waals surface area contributed by atoms with Crippen LogP contribution in [0.2, 0.25) is 0 Å². The van der Waals surface area contributed by atoms with Gasteiger partial charge in [0.15, 0.2) is 0 Å². The van der Waals surface area contributed by atoms with Gasteiger partial charge in [0, 0.05) is 30.3 Å². The van der Waals surface area contributed by atoms with Crippen molar-refractivity contribution < 1.29 is 9.72 Å². The Kier molecular flexibility index (Phi) is 5.73. The Morgan fingerprint density at radius 1 is 1.28 bits per heavy atom. The molecule has 2 aromatic carbocycles. The summed E-state index contributed by atoms with van der Waals surface area (Å²) in [5.41, 5.74) is 7.18. The molecule has 25 heavy (non-hydrogen) atoms. The minimum atomic E-state index is -0.452. The Morgan fingerprint density at radius 3 is 2.52 bits per heavy atom. The van der Waals surface area contributed by atoms with Gasteiger partial charge in [-0.3, -0.25) is 19.9 Å². The summed E-state index contributed by atoms with van der Waals surface area (Å²) >= 11 is 0. The summed E-state index contributed by atoms with van der Waals surface area (Å²) < 4.78 is 0. The van der Waals surface area contributed by atoms with Gasteiger partial charge in [0.2, 0.25) is 5.91 Å². The second kappa shape index (κ2) is 7.96. The van der Waals surface area contributed by atoms with Crippen molar-refractivity contribution in [1.29, 1.82) is 5.41 Å². The second-order valence-corrected chi connectivity index (χ2v) is 5.61. The van der Waals surface area contributed by atoms with Crippen LogP contribution >= 0.6 is 0 Å². The lowest BCUT2D eigenvalue weighted by Gasteiger charge is -2.11. The Bertz CT molecular complexity index is 828. The topological polar surface area (TPSA) is 122 Å². The number of nitrogens with one attached hydrogen (secondary N) is 1. The van der Waals surface area contributed by atoms with E-state index in [1.807, 2.05) is 0 Å². The highest BCUT2D eigenvalue weighted by Gasteiger charge is 2.14. The number of aliphatic imine (C=N–C) groups is 1. The van der Waals surface area contributed by atoms with Gasteiger partial charge in [-0.2, -0.15) is 0 Å². The zero-order valence-corrected chi connectivity index (χ0v) is 13.7. The number of amides is 1. The van der Waals surface area contributed by atoms with E-state index in [0.717, 1.165) is 0 Å². The van der Waals surface area contributed by atoms with Crippen LogP contribution in [-0.2, 0) is 4.79 Å². The van der Waals surface area contributed by atoms with E-state index in [0.29, 0.717) is 22.5 Å². The molecule has 0 aromatic heterocycles. The molecule has 0 saturated heterocycles. The lowest BCUT2D eigenvalue weighted by atomic mass is 9.95. The Morgan fingerprint density at radius 2 is 1.92 bits per heavy atom. The largest absolute Gasteiger partial charge is 0.370 e. The summed E-state index contributed by atoms with van der Waals surface area (Å²) in [6, 6.07) is 13.2. The van der Waals surface area contributed by atoms with Gasteiger partial charge < -0.3 is 11.1 Å². The quantitative estimate of drug-likeness (QED) is 0.457. The number of benzene rings is 2. The Labute approximate surface area is 144 Å². The Hall–Kier alpha value is -3.35. The molecule has 0 spiro atoms. The molecule has 0 fully saturated rings. The molecule has 1 unspecified atom stereocenters. The average molecular weight is 338 g/mol. The maximum absolute atomic E-state index is 11.0. The molecule has 0 saturated carbocycles. The molecule has 7 nitrogen and oxygen atoms in total. The third kappa shape index (κ3) is 4.81. The van der Waals surface area contributed by atoms with Crippen LogP contribution in [0.25, 0.3) is 0 Å². The van der Waals surface area contributed by atoms with Crippen LogP contribution < -0.4 is 5.73 Å². The predicted molar refractivity (Wildman–Crippen MR) is 96.6 cm³/mol. The van der Waals surface area contributed by atoms with E-state index < -0.39 is 10.8 Å². The first-order valence-corrected chi connectivity index (χ1v) is 7.63. The summed E-state index contributed by atoms with van der Waals surface area (Å²) in [4.78, 5) is 25.7. The minimum Gasteiger partial charge on any atom is -0.370 e. The van der Waals surface area contributed by atoms with Crippen molar-refractivity contribution in [2.45, 2.75) is 13.3 Å². The summed E-state index contributed by atoms with van der Waals surface area (Å²) in [5, 5.41) is 19.1. The smallest absolute Gasteiger partial charge is 0.278 e. The molecule has 0 aliphatic rings. The van der Waals surface area contributed by atoms with Gasteiger partial charge >= 0.3 is 0 Å². The predicted octanol–water partition coefficient (Wildman–Crippen LogP) is 3.22. The van der Waals surface area contributed by atoms with Crippen LogP contribution in [0.5, 0.6) is 0 Å².